The van der Waals surface area contributed by atoms with Gasteiger partial charge in [-0.3, -0.25) is 14.5 Å². The number of nitrogens with zero attached hydrogens (tertiary/aromatic N) is 4. The molecule has 23 heavy (non-hydrogen) atoms. The minimum Gasteiger partial charge on any atom is -0.359 e. The molecule has 7 nitrogen and oxygen atoms in total. The van der Waals surface area contributed by atoms with E-state index in [1.165, 1.54) is 0 Å². The van der Waals surface area contributed by atoms with E-state index in [4.69, 9.17) is 4.52 Å². The lowest BCUT2D eigenvalue weighted by molar-refractivity contribution is -0.125. The Morgan fingerprint density at radius 2 is 2.30 bits per heavy atom. The average molecular weight is 311 g/mol. The van der Waals surface area contributed by atoms with E-state index in [0.29, 0.717) is 17.9 Å². The van der Waals surface area contributed by atoms with Crippen molar-refractivity contribution in [1.29, 1.82) is 0 Å². The van der Waals surface area contributed by atoms with Crippen LogP contribution in [0.25, 0.3) is 11.3 Å². The molecule has 0 bridgehead atoms. The van der Waals surface area contributed by atoms with Gasteiger partial charge in [0.05, 0.1) is 6.54 Å². The zero-order chi connectivity index (χ0) is 16.1. The summed E-state index contributed by atoms with van der Waals surface area (Å²) in [7, 11) is 0. The summed E-state index contributed by atoms with van der Waals surface area (Å²) in [6.45, 7) is 2.23. The van der Waals surface area contributed by atoms with Crippen molar-refractivity contribution >= 4 is 5.91 Å². The highest BCUT2D eigenvalue weighted by Crippen LogP contribution is 2.17. The van der Waals surface area contributed by atoms with Gasteiger partial charge in [0, 0.05) is 36.4 Å². The molecule has 0 aromatic carbocycles. The van der Waals surface area contributed by atoms with Gasteiger partial charge >= 0.3 is 0 Å². The van der Waals surface area contributed by atoms with Gasteiger partial charge < -0.3 is 9.84 Å². The van der Waals surface area contributed by atoms with Crippen molar-refractivity contribution in [3.8, 4) is 11.3 Å². The molecule has 3 aromatic heterocycles. The lowest BCUT2D eigenvalue weighted by atomic mass is 10.2. The maximum absolute atomic E-state index is 12.3. The Morgan fingerprint density at radius 3 is 3.00 bits per heavy atom. The van der Waals surface area contributed by atoms with Crippen molar-refractivity contribution in [3.05, 3.63) is 54.8 Å². The molecule has 0 aliphatic carbocycles. The first-order chi connectivity index (χ1) is 11.3. The van der Waals surface area contributed by atoms with Crippen LogP contribution in [0.3, 0.4) is 0 Å². The van der Waals surface area contributed by atoms with Crippen LogP contribution in [-0.4, -0.2) is 25.8 Å². The molecule has 1 N–H and O–H groups in total. The summed E-state index contributed by atoms with van der Waals surface area (Å²) in [6.07, 6.45) is 7.51. The SMILES string of the molecule is CCC(C(=O)NCc1cc(-c2cccnc2)no1)n1cccn1. The second-order valence-corrected chi connectivity index (χ2v) is 5.05. The van der Waals surface area contributed by atoms with Crippen LogP contribution in [0.4, 0.5) is 0 Å². The van der Waals surface area contributed by atoms with Crippen LogP contribution >= 0.6 is 0 Å². The molecule has 0 aliphatic rings. The van der Waals surface area contributed by atoms with E-state index < -0.39 is 0 Å². The minimum atomic E-state index is -0.328. The van der Waals surface area contributed by atoms with E-state index in [9.17, 15) is 4.79 Å². The fourth-order valence-electron chi connectivity index (χ4n) is 2.30. The fraction of sp³-hybridized carbons (Fsp3) is 0.250. The molecule has 0 aliphatic heterocycles. The van der Waals surface area contributed by atoms with Gasteiger partial charge in [0.1, 0.15) is 11.7 Å². The maximum Gasteiger partial charge on any atom is 0.245 e. The number of carbonyl (C=O) groups excluding carboxylic acids is 1. The van der Waals surface area contributed by atoms with Crippen molar-refractivity contribution in [2.45, 2.75) is 25.9 Å². The van der Waals surface area contributed by atoms with Gasteiger partial charge in [-0.15, -0.1) is 0 Å². The zero-order valence-electron chi connectivity index (χ0n) is 12.7. The first-order valence-corrected chi connectivity index (χ1v) is 7.40. The second kappa shape index (κ2) is 6.87. The summed E-state index contributed by atoms with van der Waals surface area (Å²) >= 11 is 0. The van der Waals surface area contributed by atoms with Crippen LogP contribution in [0.5, 0.6) is 0 Å². The number of hydrogen-bond acceptors (Lipinski definition) is 5. The van der Waals surface area contributed by atoms with Crippen molar-refractivity contribution in [3.63, 3.8) is 0 Å². The summed E-state index contributed by atoms with van der Waals surface area (Å²) in [5.74, 6) is 0.489. The molecule has 1 atom stereocenters. The maximum atomic E-state index is 12.3. The third-order valence-electron chi connectivity index (χ3n) is 3.49. The molecule has 0 saturated heterocycles. The third-order valence-corrected chi connectivity index (χ3v) is 3.49. The Morgan fingerprint density at radius 1 is 1.39 bits per heavy atom. The summed E-state index contributed by atoms with van der Waals surface area (Å²) < 4.78 is 6.91. The van der Waals surface area contributed by atoms with Crippen LogP contribution in [0, 0.1) is 0 Å². The second-order valence-electron chi connectivity index (χ2n) is 5.05. The molecule has 1 amide bonds. The third kappa shape index (κ3) is 3.45. The van der Waals surface area contributed by atoms with Crippen LogP contribution in [0.15, 0.2) is 53.6 Å². The Balaban J connectivity index is 1.62. The highest BCUT2D eigenvalue weighted by atomic mass is 16.5. The standard InChI is InChI=1S/C16H17N5O2/c1-2-15(21-8-4-7-19-21)16(22)18-11-13-9-14(20-23-13)12-5-3-6-17-10-12/h3-10,15H,2,11H2,1H3,(H,18,22). The molecule has 0 saturated carbocycles. The minimum absolute atomic E-state index is 0.101. The van der Waals surface area contributed by atoms with Gasteiger partial charge in [0.15, 0.2) is 5.76 Å². The number of aromatic nitrogens is 4. The first kappa shape index (κ1) is 15.0. The molecule has 7 heteroatoms. The van der Waals surface area contributed by atoms with E-state index in [1.54, 1.807) is 41.6 Å². The summed E-state index contributed by atoms with van der Waals surface area (Å²) in [6, 6.07) is 7.00. The van der Waals surface area contributed by atoms with E-state index in [0.717, 1.165) is 5.56 Å². The smallest absolute Gasteiger partial charge is 0.245 e. The number of amides is 1. The van der Waals surface area contributed by atoms with E-state index in [1.807, 2.05) is 19.1 Å². The molecule has 0 spiro atoms. The molecule has 0 fully saturated rings. The van der Waals surface area contributed by atoms with E-state index in [-0.39, 0.29) is 18.5 Å². The number of pyridine rings is 1. The van der Waals surface area contributed by atoms with E-state index in [2.05, 4.69) is 20.6 Å². The molecule has 0 radical (unpaired) electrons. The van der Waals surface area contributed by atoms with E-state index >= 15 is 0 Å². The summed E-state index contributed by atoms with van der Waals surface area (Å²) in [5, 5.41) is 11.0. The van der Waals surface area contributed by atoms with Gasteiger partial charge in [0.25, 0.3) is 0 Å². The first-order valence-electron chi connectivity index (χ1n) is 7.40. The van der Waals surface area contributed by atoms with Crippen LogP contribution in [0.2, 0.25) is 0 Å². The topological polar surface area (TPSA) is 85.8 Å². The van der Waals surface area contributed by atoms with Crippen LogP contribution in [-0.2, 0) is 11.3 Å². The molecular formula is C16H17N5O2. The largest absolute Gasteiger partial charge is 0.359 e. The van der Waals surface area contributed by atoms with Crippen molar-refractivity contribution < 1.29 is 9.32 Å². The molecule has 3 heterocycles. The Labute approximate surface area is 133 Å². The van der Waals surface area contributed by atoms with Crippen molar-refractivity contribution in [2.75, 3.05) is 0 Å². The highest BCUT2D eigenvalue weighted by Gasteiger charge is 2.18. The number of rotatable bonds is 6. The van der Waals surface area contributed by atoms with Gasteiger partial charge in [-0.1, -0.05) is 12.1 Å². The Bertz CT molecular complexity index is 752. The van der Waals surface area contributed by atoms with Crippen molar-refractivity contribution in [1.82, 2.24) is 25.2 Å². The lowest BCUT2D eigenvalue weighted by Gasteiger charge is -2.14. The van der Waals surface area contributed by atoms with Crippen LogP contribution < -0.4 is 5.32 Å². The quantitative estimate of drug-likeness (QED) is 0.754. The zero-order valence-corrected chi connectivity index (χ0v) is 12.7. The highest BCUT2D eigenvalue weighted by molar-refractivity contribution is 5.80. The van der Waals surface area contributed by atoms with Gasteiger partial charge in [0.2, 0.25) is 5.91 Å². The molecule has 118 valence electrons. The Kier molecular flexibility index (Phi) is 4.46. The number of hydrogen-bond donors (Lipinski definition) is 1. The predicted molar refractivity (Wildman–Crippen MR) is 83.1 cm³/mol. The average Bonchev–Trinajstić information content (AvgIpc) is 3.26. The Hall–Kier alpha value is -2.96. The monoisotopic (exact) mass is 311 g/mol. The normalized spacial score (nSPS) is 12.0. The molecule has 3 rings (SSSR count). The molecule has 1 unspecified atom stereocenters. The number of carbonyl (C=O) groups is 1. The van der Waals surface area contributed by atoms with Gasteiger partial charge in [-0.05, 0) is 24.6 Å². The summed E-state index contributed by atoms with van der Waals surface area (Å²) in [4.78, 5) is 16.3. The number of nitrogens with one attached hydrogen (secondary N) is 1. The van der Waals surface area contributed by atoms with Crippen LogP contribution in [0.1, 0.15) is 25.1 Å². The molecule has 3 aromatic rings. The predicted octanol–water partition coefficient (Wildman–Crippen LogP) is 2.20. The van der Waals surface area contributed by atoms with Gasteiger partial charge in [-0.2, -0.15) is 5.10 Å². The van der Waals surface area contributed by atoms with Gasteiger partial charge in [-0.25, -0.2) is 0 Å². The molecular weight excluding hydrogens is 294 g/mol. The lowest BCUT2D eigenvalue weighted by Crippen LogP contribution is -2.32. The summed E-state index contributed by atoms with van der Waals surface area (Å²) in [5.41, 5.74) is 1.57. The fourth-order valence-corrected chi connectivity index (χ4v) is 2.30. The van der Waals surface area contributed by atoms with Crippen molar-refractivity contribution in [2.24, 2.45) is 0 Å².